The summed E-state index contributed by atoms with van der Waals surface area (Å²) in [5.41, 5.74) is 1.47. The molecule has 0 bridgehead atoms. The van der Waals surface area contributed by atoms with Gasteiger partial charge < -0.3 is 0 Å². The molecule has 0 nitrogen and oxygen atoms in total. The van der Waals surface area contributed by atoms with Crippen molar-refractivity contribution in [1.29, 1.82) is 0 Å². The van der Waals surface area contributed by atoms with Gasteiger partial charge in [0.15, 0.2) is 0 Å². The average molecular weight is 215 g/mol. The molecule has 0 atom stereocenters. The third-order valence-electron chi connectivity index (χ3n) is 3.84. The van der Waals surface area contributed by atoms with E-state index in [2.05, 4.69) is 18.2 Å². The Morgan fingerprint density at radius 3 is 2.50 bits per heavy atom. The lowest BCUT2D eigenvalue weighted by molar-refractivity contribution is 0.330. The second kappa shape index (κ2) is 6.73. The normalized spacial score (nSPS) is 17.5. The lowest BCUT2D eigenvalue weighted by atomic mass is 9.85. The van der Waals surface area contributed by atoms with E-state index in [1.165, 1.54) is 63.4 Å². The molecule has 1 saturated carbocycles. The number of hydrogen-bond donors (Lipinski definition) is 0. The Hall–Kier alpha value is -0.780. The second-order valence-electron chi connectivity index (χ2n) is 5.16. The van der Waals surface area contributed by atoms with Gasteiger partial charge >= 0.3 is 0 Å². The molecule has 0 aliphatic heterocycles. The standard InChI is InChI=1S/C16H23/c1-3-9-15(10-4-1)13-7-8-14-16-11-5-2-6-12-16/h5-6,11-12,15H,1,3-4,7-10,13-14H2. The van der Waals surface area contributed by atoms with Gasteiger partial charge in [-0.3, -0.25) is 0 Å². The van der Waals surface area contributed by atoms with Crippen LogP contribution in [0.4, 0.5) is 0 Å². The van der Waals surface area contributed by atoms with Crippen molar-refractivity contribution in [2.45, 2.75) is 57.8 Å². The fraction of sp³-hybridized carbons (Fsp3) is 0.625. The van der Waals surface area contributed by atoms with Gasteiger partial charge in [0.1, 0.15) is 0 Å². The molecular formula is C16H23. The summed E-state index contributed by atoms with van der Waals surface area (Å²) in [6.45, 7) is 0. The van der Waals surface area contributed by atoms with Gasteiger partial charge in [-0.25, -0.2) is 0 Å². The van der Waals surface area contributed by atoms with E-state index in [1.807, 2.05) is 12.1 Å². The van der Waals surface area contributed by atoms with Gasteiger partial charge in [0, 0.05) is 0 Å². The van der Waals surface area contributed by atoms with Gasteiger partial charge in [-0.05, 0) is 30.4 Å². The number of rotatable bonds is 5. The van der Waals surface area contributed by atoms with E-state index in [0.29, 0.717) is 0 Å². The van der Waals surface area contributed by atoms with Gasteiger partial charge in [0.25, 0.3) is 0 Å². The summed E-state index contributed by atoms with van der Waals surface area (Å²) in [6.07, 6.45) is 13.0. The molecular weight excluding hydrogens is 192 g/mol. The summed E-state index contributed by atoms with van der Waals surface area (Å²) >= 11 is 0. The van der Waals surface area contributed by atoms with Crippen LogP contribution in [0.2, 0.25) is 0 Å². The van der Waals surface area contributed by atoms with Crippen LogP contribution < -0.4 is 0 Å². The van der Waals surface area contributed by atoms with Gasteiger partial charge in [0.05, 0.1) is 0 Å². The van der Waals surface area contributed by atoms with Crippen LogP contribution in [0.1, 0.15) is 56.9 Å². The molecule has 0 heterocycles. The maximum Gasteiger partial charge on any atom is -0.0184 e. The van der Waals surface area contributed by atoms with Gasteiger partial charge in [-0.2, -0.15) is 0 Å². The predicted molar refractivity (Wildman–Crippen MR) is 69.4 cm³/mol. The van der Waals surface area contributed by atoms with E-state index in [9.17, 15) is 0 Å². The summed E-state index contributed by atoms with van der Waals surface area (Å²) < 4.78 is 0. The van der Waals surface area contributed by atoms with Crippen LogP contribution in [-0.4, -0.2) is 0 Å². The highest BCUT2D eigenvalue weighted by Crippen LogP contribution is 2.27. The van der Waals surface area contributed by atoms with Crippen molar-refractivity contribution in [3.05, 3.63) is 35.9 Å². The molecule has 1 radical (unpaired) electrons. The molecule has 2 rings (SSSR count). The lowest BCUT2D eigenvalue weighted by Gasteiger charge is -2.21. The zero-order valence-corrected chi connectivity index (χ0v) is 10.3. The number of benzene rings is 1. The Kier molecular flexibility index (Phi) is 4.92. The molecule has 1 aromatic carbocycles. The third kappa shape index (κ3) is 4.00. The van der Waals surface area contributed by atoms with E-state index in [1.54, 1.807) is 0 Å². The van der Waals surface area contributed by atoms with Crippen molar-refractivity contribution in [2.75, 3.05) is 0 Å². The van der Waals surface area contributed by atoms with Crippen LogP contribution in [0, 0.1) is 12.0 Å². The molecule has 1 aliphatic carbocycles. The highest BCUT2D eigenvalue weighted by molar-refractivity contribution is 5.13. The highest BCUT2D eigenvalue weighted by atomic mass is 14.2. The molecule has 0 heteroatoms. The van der Waals surface area contributed by atoms with Crippen LogP contribution in [0.15, 0.2) is 24.3 Å². The Bertz CT molecular complexity index is 269. The summed E-state index contributed by atoms with van der Waals surface area (Å²) in [4.78, 5) is 0. The molecule has 0 N–H and O–H groups in total. The monoisotopic (exact) mass is 215 g/mol. The minimum absolute atomic E-state index is 1.05. The molecule has 0 amide bonds. The smallest absolute Gasteiger partial charge is 0.0184 e. The van der Waals surface area contributed by atoms with Crippen molar-refractivity contribution in [1.82, 2.24) is 0 Å². The summed E-state index contributed by atoms with van der Waals surface area (Å²) in [6, 6.07) is 11.5. The Balaban J connectivity index is 1.58. The van der Waals surface area contributed by atoms with Crippen molar-refractivity contribution < 1.29 is 0 Å². The second-order valence-corrected chi connectivity index (χ2v) is 5.16. The predicted octanol–water partition coefficient (Wildman–Crippen LogP) is 4.78. The van der Waals surface area contributed by atoms with Crippen LogP contribution in [0.25, 0.3) is 0 Å². The number of unbranched alkanes of at least 4 members (excludes halogenated alkanes) is 1. The maximum absolute atomic E-state index is 3.07. The molecule has 87 valence electrons. The van der Waals surface area contributed by atoms with E-state index in [4.69, 9.17) is 0 Å². The summed E-state index contributed by atoms with van der Waals surface area (Å²) in [5, 5.41) is 0. The lowest BCUT2D eigenvalue weighted by Crippen LogP contribution is -2.05. The fourth-order valence-electron chi connectivity index (χ4n) is 2.83. The molecule has 1 fully saturated rings. The van der Waals surface area contributed by atoms with E-state index < -0.39 is 0 Å². The Morgan fingerprint density at radius 1 is 1.00 bits per heavy atom. The molecule has 16 heavy (non-hydrogen) atoms. The molecule has 0 unspecified atom stereocenters. The summed E-state index contributed by atoms with van der Waals surface area (Å²) in [7, 11) is 0. The van der Waals surface area contributed by atoms with Gasteiger partial charge in [-0.15, -0.1) is 0 Å². The van der Waals surface area contributed by atoms with Crippen molar-refractivity contribution >= 4 is 0 Å². The fourth-order valence-corrected chi connectivity index (χ4v) is 2.83. The van der Waals surface area contributed by atoms with Crippen LogP contribution in [0.3, 0.4) is 0 Å². The Morgan fingerprint density at radius 2 is 1.75 bits per heavy atom. The first-order valence-corrected chi connectivity index (χ1v) is 6.90. The van der Waals surface area contributed by atoms with Crippen LogP contribution in [-0.2, 0) is 6.42 Å². The van der Waals surface area contributed by atoms with Crippen molar-refractivity contribution in [3.8, 4) is 0 Å². The van der Waals surface area contributed by atoms with Gasteiger partial charge in [0.2, 0.25) is 0 Å². The molecule has 0 saturated heterocycles. The van der Waals surface area contributed by atoms with Crippen molar-refractivity contribution in [2.24, 2.45) is 5.92 Å². The third-order valence-corrected chi connectivity index (χ3v) is 3.84. The Labute approximate surface area is 100 Å². The quantitative estimate of drug-likeness (QED) is 0.620. The first-order chi connectivity index (χ1) is 7.95. The largest absolute Gasteiger partial charge is 0.0584 e. The molecule has 1 aliphatic rings. The van der Waals surface area contributed by atoms with E-state index >= 15 is 0 Å². The first-order valence-electron chi connectivity index (χ1n) is 6.90. The van der Waals surface area contributed by atoms with Crippen molar-refractivity contribution in [3.63, 3.8) is 0 Å². The average Bonchev–Trinajstić information content (AvgIpc) is 2.37. The molecule has 0 aromatic heterocycles. The zero-order valence-electron chi connectivity index (χ0n) is 10.3. The summed E-state index contributed by atoms with van der Waals surface area (Å²) in [5.74, 6) is 1.05. The number of hydrogen-bond acceptors (Lipinski definition) is 0. The van der Waals surface area contributed by atoms with Crippen LogP contribution >= 0.6 is 0 Å². The topological polar surface area (TPSA) is 0 Å². The van der Waals surface area contributed by atoms with Crippen LogP contribution in [0.5, 0.6) is 0 Å². The zero-order chi connectivity index (χ0) is 11.1. The highest BCUT2D eigenvalue weighted by Gasteiger charge is 2.12. The minimum Gasteiger partial charge on any atom is -0.0584 e. The van der Waals surface area contributed by atoms with Gasteiger partial charge in [-0.1, -0.05) is 69.2 Å². The minimum atomic E-state index is 1.05. The number of aryl methyl sites for hydroxylation is 1. The SMILES string of the molecule is [c]1ccc(CCCCC2CCCCC2)cc1. The molecule has 0 spiro atoms. The van der Waals surface area contributed by atoms with E-state index in [-0.39, 0.29) is 0 Å². The van der Waals surface area contributed by atoms with E-state index in [0.717, 1.165) is 5.92 Å². The first kappa shape index (κ1) is 11.7. The maximum atomic E-state index is 3.07. The molecule has 1 aromatic rings.